The predicted molar refractivity (Wildman–Crippen MR) is 115 cm³/mol. The number of hydrogen-bond donors (Lipinski definition) is 0. The molecule has 29 heavy (non-hydrogen) atoms. The molecule has 0 amide bonds. The number of nitrogens with zero attached hydrogens (tertiary/aromatic N) is 6. The van der Waals surface area contributed by atoms with Crippen LogP contribution in [0.5, 0.6) is 0 Å². The van der Waals surface area contributed by atoms with Gasteiger partial charge < -0.3 is 0 Å². The molecule has 0 bridgehead atoms. The highest BCUT2D eigenvalue weighted by Crippen LogP contribution is 2.24. The van der Waals surface area contributed by atoms with Crippen molar-refractivity contribution in [2.45, 2.75) is 31.3 Å². The number of rotatable bonds is 6. The fraction of sp³-hybridized carbons (Fsp3) is 0.250. The minimum atomic E-state index is -0.0867. The smallest absolute Gasteiger partial charge is 0.262 e. The van der Waals surface area contributed by atoms with E-state index in [1.807, 2.05) is 30.3 Å². The van der Waals surface area contributed by atoms with Crippen LogP contribution >= 0.6 is 23.4 Å². The SMILES string of the molecule is CC(C)Cn1c(SCc2nnnn2-c2ccccc2)nc2ccc(Cl)cc2c1=O. The first-order valence-electron chi connectivity index (χ1n) is 9.18. The van der Waals surface area contributed by atoms with E-state index in [0.29, 0.717) is 45.1 Å². The van der Waals surface area contributed by atoms with Gasteiger partial charge in [0.2, 0.25) is 0 Å². The molecule has 0 saturated carbocycles. The maximum absolute atomic E-state index is 13.1. The molecular weight excluding hydrogens is 408 g/mol. The van der Waals surface area contributed by atoms with E-state index in [0.717, 1.165) is 5.69 Å². The van der Waals surface area contributed by atoms with Gasteiger partial charge in [-0.3, -0.25) is 9.36 Å². The lowest BCUT2D eigenvalue weighted by Crippen LogP contribution is -2.25. The summed E-state index contributed by atoms with van der Waals surface area (Å²) in [5.41, 5.74) is 1.43. The standard InChI is InChI=1S/C20H19ClN6OS/c1-13(2)11-26-19(28)16-10-14(21)8-9-17(16)22-20(26)29-12-18-23-24-25-27(18)15-6-4-3-5-7-15/h3-10,13H,11-12H2,1-2H3. The number of halogens is 1. The highest BCUT2D eigenvalue weighted by Gasteiger charge is 2.15. The van der Waals surface area contributed by atoms with Gasteiger partial charge in [0.25, 0.3) is 5.56 Å². The lowest BCUT2D eigenvalue weighted by molar-refractivity contribution is 0.475. The fourth-order valence-electron chi connectivity index (χ4n) is 3.00. The van der Waals surface area contributed by atoms with Crippen LogP contribution in [0.4, 0.5) is 0 Å². The zero-order chi connectivity index (χ0) is 20.4. The number of aromatic nitrogens is 6. The Morgan fingerprint density at radius 1 is 1.14 bits per heavy atom. The lowest BCUT2D eigenvalue weighted by atomic mass is 10.2. The quantitative estimate of drug-likeness (QED) is 0.343. The van der Waals surface area contributed by atoms with Crippen LogP contribution in [0.1, 0.15) is 19.7 Å². The maximum atomic E-state index is 13.1. The average Bonchev–Trinajstić information content (AvgIpc) is 3.18. The summed E-state index contributed by atoms with van der Waals surface area (Å²) in [4.78, 5) is 17.8. The van der Waals surface area contributed by atoms with Crippen molar-refractivity contribution >= 4 is 34.3 Å². The van der Waals surface area contributed by atoms with Crippen molar-refractivity contribution < 1.29 is 0 Å². The van der Waals surface area contributed by atoms with Crippen LogP contribution in [0.15, 0.2) is 58.5 Å². The van der Waals surface area contributed by atoms with Gasteiger partial charge in [0.1, 0.15) is 0 Å². The van der Waals surface area contributed by atoms with E-state index < -0.39 is 0 Å². The minimum Gasteiger partial charge on any atom is -0.287 e. The molecular formula is C20H19ClN6OS. The Morgan fingerprint density at radius 2 is 1.93 bits per heavy atom. The highest BCUT2D eigenvalue weighted by molar-refractivity contribution is 7.98. The second kappa shape index (κ2) is 8.34. The summed E-state index contributed by atoms with van der Waals surface area (Å²) in [7, 11) is 0. The van der Waals surface area contributed by atoms with Crippen LogP contribution in [0, 0.1) is 5.92 Å². The molecule has 0 aliphatic carbocycles. The lowest BCUT2D eigenvalue weighted by Gasteiger charge is -2.15. The van der Waals surface area contributed by atoms with Crippen molar-refractivity contribution in [1.29, 1.82) is 0 Å². The number of para-hydroxylation sites is 1. The largest absolute Gasteiger partial charge is 0.287 e. The minimum absolute atomic E-state index is 0.0867. The van der Waals surface area contributed by atoms with Crippen molar-refractivity contribution in [3.63, 3.8) is 0 Å². The van der Waals surface area contributed by atoms with E-state index in [2.05, 4.69) is 29.4 Å². The Hall–Kier alpha value is -2.71. The first kappa shape index (κ1) is 19.6. The molecule has 0 unspecified atom stereocenters. The van der Waals surface area contributed by atoms with Gasteiger partial charge in [-0.2, -0.15) is 4.68 Å². The molecule has 9 heteroatoms. The summed E-state index contributed by atoms with van der Waals surface area (Å²) in [6.45, 7) is 4.71. The van der Waals surface area contributed by atoms with E-state index in [-0.39, 0.29) is 5.56 Å². The van der Waals surface area contributed by atoms with Gasteiger partial charge in [0.05, 0.1) is 22.3 Å². The topological polar surface area (TPSA) is 78.5 Å². The van der Waals surface area contributed by atoms with Crippen molar-refractivity contribution in [2.24, 2.45) is 5.92 Å². The molecule has 148 valence electrons. The van der Waals surface area contributed by atoms with Gasteiger partial charge in [-0.25, -0.2) is 4.98 Å². The van der Waals surface area contributed by atoms with Crippen molar-refractivity contribution in [3.8, 4) is 5.69 Å². The molecule has 0 spiro atoms. The number of tetrazole rings is 1. The first-order chi connectivity index (χ1) is 14.0. The third-order valence-corrected chi connectivity index (χ3v) is 5.50. The predicted octanol–water partition coefficient (Wildman–Crippen LogP) is 3.97. The normalized spacial score (nSPS) is 11.4. The second-order valence-corrected chi connectivity index (χ2v) is 8.38. The van der Waals surface area contributed by atoms with Crippen LogP contribution in [-0.4, -0.2) is 29.8 Å². The van der Waals surface area contributed by atoms with Gasteiger partial charge in [-0.1, -0.05) is 55.4 Å². The van der Waals surface area contributed by atoms with E-state index in [1.54, 1.807) is 27.4 Å². The molecule has 2 heterocycles. The van der Waals surface area contributed by atoms with E-state index in [1.165, 1.54) is 11.8 Å². The zero-order valence-corrected chi connectivity index (χ0v) is 17.6. The van der Waals surface area contributed by atoms with Crippen molar-refractivity contribution in [3.05, 3.63) is 69.7 Å². The second-order valence-electron chi connectivity index (χ2n) is 7.00. The first-order valence-corrected chi connectivity index (χ1v) is 10.5. The van der Waals surface area contributed by atoms with Gasteiger partial charge in [0.15, 0.2) is 11.0 Å². The molecule has 0 saturated heterocycles. The van der Waals surface area contributed by atoms with Crippen LogP contribution < -0.4 is 5.56 Å². The number of thioether (sulfide) groups is 1. The monoisotopic (exact) mass is 426 g/mol. The van der Waals surface area contributed by atoms with Crippen LogP contribution in [-0.2, 0) is 12.3 Å². The Kier molecular flexibility index (Phi) is 5.64. The van der Waals surface area contributed by atoms with Gasteiger partial charge in [0, 0.05) is 11.6 Å². The number of benzene rings is 2. The number of fused-ring (bicyclic) bond motifs is 1. The Bertz CT molecular complexity index is 1200. The Labute approximate surface area is 176 Å². The van der Waals surface area contributed by atoms with Gasteiger partial charge >= 0.3 is 0 Å². The maximum Gasteiger partial charge on any atom is 0.262 e. The van der Waals surface area contributed by atoms with Gasteiger partial charge in [-0.05, 0) is 46.7 Å². The summed E-state index contributed by atoms with van der Waals surface area (Å²) in [5.74, 6) is 1.45. The fourth-order valence-corrected chi connectivity index (χ4v) is 4.09. The molecule has 2 aromatic carbocycles. The van der Waals surface area contributed by atoms with Gasteiger partial charge in [-0.15, -0.1) is 5.10 Å². The molecule has 0 radical (unpaired) electrons. The molecule has 0 N–H and O–H groups in total. The van der Waals surface area contributed by atoms with Crippen molar-refractivity contribution in [2.75, 3.05) is 0 Å². The number of hydrogen-bond acceptors (Lipinski definition) is 6. The molecule has 0 fully saturated rings. The summed E-state index contributed by atoms with van der Waals surface area (Å²) >= 11 is 7.53. The molecule has 0 aliphatic heterocycles. The third kappa shape index (κ3) is 4.18. The third-order valence-electron chi connectivity index (χ3n) is 4.29. The average molecular weight is 427 g/mol. The summed E-state index contributed by atoms with van der Waals surface area (Å²) in [6, 6.07) is 14.9. The van der Waals surface area contributed by atoms with E-state index in [4.69, 9.17) is 16.6 Å². The molecule has 4 rings (SSSR count). The van der Waals surface area contributed by atoms with Crippen LogP contribution in [0.25, 0.3) is 16.6 Å². The molecule has 0 atom stereocenters. The van der Waals surface area contributed by atoms with E-state index in [9.17, 15) is 4.79 Å². The van der Waals surface area contributed by atoms with Crippen LogP contribution in [0.2, 0.25) is 5.02 Å². The highest BCUT2D eigenvalue weighted by atomic mass is 35.5. The zero-order valence-electron chi connectivity index (χ0n) is 16.0. The molecule has 0 aliphatic rings. The molecule has 4 aromatic rings. The molecule has 2 aromatic heterocycles. The van der Waals surface area contributed by atoms with Crippen LogP contribution in [0.3, 0.4) is 0 Å². The van der Waals surface area contributed by atoms with E-state index >= 15 is 0 Å². The summed E-state index contributed by atoms with van der Waals surface area (Å²) in [6.07, 6.45) is 0. The Morgan fingerprint density at radius 3 is 2.69 bits per heavy atom. The summed E-state index contributed by atoms with van der Waals surface area (Å²) in [5, 5.41) is 13.7. The Balaban J connectivity index is 1.71. The van der Waals surface area contributed by atoms with Crippen molar-refractivity contribution in [1.82, 2.24) is 29.8 Å². The molecule has 7 nitrogen and oxygen atoms in total. The summed E-state index contributed by atoms with van der Waals surface area (Å²) < 4.78 is 3.41.